The molecule has 1 rings (SSSR count). The number of methoxy groups -OCH3 is 1. The van der Waals surface area contributed by atoms with E-state index in [0.717, 1.165) is 5.56 Å². The summed E-state index contributed by atoms with van der Waals surface area (Å²) in [5.74, 6) is -1.07. The van der Waals surface area contributed by atoms with Gasteiger partial charge in [0.1, 0.15) is 11.4 Å². The summed E-state index contributed by atoms with van der Waals surface area (Å²) in [5.41, 5.74) is -0.142. The number of rotatable bonds is 6. The monoisotopic (exact) mass is 295 g/mol. The van der Waals surface area contributed by atoms with Crippen molar-refractivity contribution in [3.05, 3.63) is 35.6 Å². The minimum absolute atomic E-state index is 0.0654. The zero-order valence-corrected chi connectivity index (χ0v) is 12.9. The van der Waals surface area contributed by atoms with Crippen molar-refractivity contribution in [3.63, 3.8) is 0 Å². The van der Waals surface area contributed by atoms with Crippen LogP contribution in [0.3, 0.4) is 0 Å². The van der Waals surface area contributed by atoms with E-state index in [1.807, 2.05) is 6.92 Å². The average molecular weight is 295 g/mol. The largest absolute Gasteiger partial charge is 0.467 e. The minimum Gasteiger partial charge on any atom is -0.467 e. The number of benzene rings is 1. The summed E-state index contributed by atoms with van der Waals surface area (Å²) < 4.78 is 17.6. The van der Waals surface area contributed by atoms with E-state index in [4.69, 9.17) is 4.74 Å². The van der Waals surface area contributed by atoms with Crippen LogP contribution in [0.5, 0.6) is 0 Å². The van der Waals surface area contributed by atoms with E-state index in [1.54, 1.807) is 26.0 Å². The Hall–Kier alpha value is -1.91. The third-order valence-corrected chi connectivity index (χ3v) is 3.69. The SMILES string of the molecule is CC[C@@](C)(NC(=O)C[C@@H](C)c1ccc(F)cc1)C(=O)OC. The standard InChI is InChI=1S/C16H22FNO3/c1-5-16(3,15(20)21-4)18-14(19)10-11(2)12-6-8-13(17)9-7-12/h6-9,11H,5,10H2,1-4H3,(H,18,19)/t11-,16-/m1/s1. The van der Waals surface area contributed by atoms with E-state index in [9.17, 15) is 14.0 Å². The molecule has 0 saturated carbocycles. The quantitative estimate of drug-likeness (QED) is 0.821. The van der Waals surface area contributed by atoms with Crippen LogP contribution in [0.1, 0.15) is 45.1 Å². The summed E-state index contributed by atoms with van der Waals surface area (Å²) in [6.07, 6.45) is 0.661. The summed E-state index contributed by atoms with van der Waals surface area (Å²) in [6.45, 7) is 5.33. The van der Waals surface area contributed by atoms with E-state index in [-0.39, 0.29) is 24.1 Å². The number of amides is 1. The highest BCUT2D eigenvalue weighted by Crippen LogP contribution is 2.20. The van der Waals surface area contributed by atoms with E-state index in [0.29, 0.717) is 6.42 Å². The fourth-order valence-electron chi connectivity index (χ4n) is 2.06. The van der Waals surface area contributed by atoms with Gasteiger partial charge < -0.3 is 10.1 Å². The Kier molecular flexibility index (Phi) is 5.88. The molecule has 1 aromatic carbocycles. The number of carbonyl (C=O) groups excluding carboxylic acids is 2. The van der Waals surface area contributed by atoms with Crippen molar-refractivity contribution in [2.75, 3.05) is 7.11 Å². The van der Waals surface area contributed by atoms with Gasteiger partial charge in [-0.05, 0) is 37.0 Å². The molecule has 0 unspecified atom stereocenters. The molecule has 1 N–H and O–H groups in total. The predicted molar refractivity (Wildman–Crippen MR) is 78.3 cm³/mol. The molecule has 4 nitrogen and oxygen atoms in total. The molecule has 0 aliphatic rings. The number of hydrogen-bond donors (Lipinski definition) is 1. The molecular weight excluding hydrogens is 273 g/mol. The number of ether oxygens (including phenoxy) is 1. The summed E-state index contributed by atoms with van der Waals surface area (Å²) in [4.78, 5) is 23.8. The topological polar surface area (TPSA) is 55.4 Å². The molecule has 5 heteroatoms. The molecular formula is C16H22FNO3. The maximum absolute atomic E-state index is 12.9. The first-order valence-corrected chi connectivity index (χ1v) is 6.97. The third kappa shape index (κ3) is 4.55. The number of nitrogens with one attached hydrogen (secondary N) is 1. The lowest BCUT2D eigenvalue weighted by Crippen LogP contribution is -2.52. The van der Waals surface area contributed by atoms with Crippen molar-refractivity contribution < 1.29 is 18.7 Å². The minimum atomic E-state index is -1.02. The van der Waals surface area contributed by atoms with E-state index in [1.165, 1.54) is 19.2 Å². The van der Waals surface area contributed by atoms with Gasteiger partial charge in [0.15, 0.2) is 0 Å². The highest BCUT2D eigenvalue weighted by molar-refractivity contribution is 5.87. The smallest absolute Gasteiger partial charge is 0.331 e. The lowest BCUT2D eigenvalue weighted by molar-refractivity contribution is -0.150. The second kappa shape index (κ2) is 7.20. The zero-order valence-electron chi connectivity index (χ0n) is 12.9. The third-order valence-electron chi connectivity index (χ3n) is 3.69. The molecule has 1 aromatic rings. The molecule has 0 heterocycles. The number of halogens is 1. The molecule has 116 valence electrons. The van der Waals surface area contributed by atoms with Crippen LogP contribution in [-0.4, -0.2) is 24.5 Å². The Morgan fingerprint density at radius 3 is 2.38 bits per heavy atom. The molecule has 0 aliphatic carbocycles. The van der Waals surface area contributed by atoms with Crippen molar-refractivity contribution in [1.82, 2.24) is 5.32 Å². The molecule has 21 heavy (non-hydrogen) atoms. The van der Waals surface area contributed by atoms with Gasteiger partial charge in [-0.3, -0.25) is 4.79 Å². The van der Waals surface area contributed by atoms with Gasteiger partial charge in [-0.25, -0.2) is 9.18 Å². The zero-order chi connectivity index (χ0) is 16.0. The first-order chi connectivity index (χ1) is 9.82. The van der Waals surface area contributed by atoms with Gasteiger partial charge in [0.25, 0.3) is 0 Å². The maximum atomic E-state index is 12.9. The summed E-state index contributed by atoms with van der Waals surface area (Å²) in [7, 11) is 1.30. The highest BCUT2D eigenvalue weighted by atomic mass is 19.1. The molecule has 0 radical (unpaired) electrons. The second-order valence-electron chi connectivity index (χ2n) is 5.38. The first kappa shape index (κ1) is 17.1. The highest BCUT2D eigenvalue weighted by Gasteiger charge is 2.34. The van der Waals surface area contributed by atoms with Gasteiger partial charge in [0.05, 0.1) is 7.11 Å². The summed E-state index contributed by atoms with van der Waals surface area (Å²) in [6, 6.07) is 6.06. The van der Waals surface area contributed by atoms with Crippen molar-refractivity contribution in [2.24, 2.45) is 0 Å². The maximum Gasteiger partial charge on any atom is 0.331 e. The fourth-order valence-corrected chi connectivity index (χ4v) is 2.06. The van der Waals surface area contributed by atoms with Gasteiger partial charge in [-0.2, -0.15) is 0 Å². The molecule has 0 bridgehead atoms. The van der Waals surface area contributed by atoms with Crippen molar-refractivity contribution in [3.8, 4) is 0 Å². The predicted octanol–water partition coefficient (Wildman–Crippen LogP) is 2.78. The lowest BCUT2D eigenvalue weighted by Gasteiger charge is -2.27. The molecule has 0 fully saturated rings. The van der Waals surface area contributed by atoms with Crippen LogP contribution in [0.4, 0.5) is 4.39 Å². The van der Waals surface area contributed by atoms with Crippen molar-refractivity contribution >= 4 is 11.9 Å². The molecule has 0 aromatic heterocycles. The Morgan fingerprint density at radius 2 is 1.90 bits per heavy atom. The Morgan fingerprint density at radius 1 is 1.33 bits per heavy atom. The van der Waals surface area contributed by atoms with Crippen LogP contribution in [0, 0.1) is 5.82 Å². The summed E-state index contributed by atoms with van der Waals surface area (Å²) in [5, 5.41) is 2.72. The second-order valence-corrected chi connectivity index (χ2v) is 5.38. The fraction of sp³-hybridized carbons (Fsp3) is 0.500. The molecule has 2 atom stereocenters. The average Bonchev–Trinajstić information content (AvgIpc) is 2.46. The Bertz CT molecular complexity index is 501. The normalized spacial score (nSPS) is 14.9. The van der Waals surface area contributed by atoms with Crippen LogP contribution in [0.2, 0.25) is 0 Å². The Balaban J connectivity index is 2.68. The van der Waals surface area contributed by atoms with Gasteiger partial charge in [0, 0.05) is 6.42 Å². The lowest BCUT2D eigenvalue weighted by atomic mass is 9.95. The molecule has 0 saturated heterocycles. The van der Waals surface area contributed by atoms with Gasteiger partial charge >= 0.3 is 5.97 Å². The van der Waals surface area contributed by atoms with Crippen LogP contribution in [-0.2, 0) is 14.3 Å². The van der Waals surface area contributed by atoms with E-state index < -0.39 is 11.5 Å². The number of hydrogen-bond acceptors (Lipinski definition) is 3. The molecule has 0 aliphatic heterocycles. The Labute approximate surface area is 124 Å². The number of esters is 1. The van der Waals surface area contributed by atoms with Crippen LogP contribution < -0.4 is 5.32 Å². The van der Waals surface area contributed by atoms with E-state index >= 15 is 0 Å². The van der Waals surface area contributed by atoms with Crippen LogP contribution >= 0.6 is 0 Å². The first-order valence-electron chi connectivity index (χ1n) is 6.97. The number of carbonyl (C=O) groups is 2. The van der Waals surface area contributed by atoms with Crippen LogP contribution in [0.15, 0.2) is 24.3 Å². The molecule has 0 spiro atoms. The van der Waals surface area contributed by atoms with Gasteiger partial charge in [0.2, 0.25) is 5.91 Å². The van der Waals surface area contributed by atoms with E-state index in [2.05, 4.69) is 5.32 Å². The molecule has 1 amide bonds. The van der Waals surface area contributed by atoms with Gasteiger partial charge in [-0.15, -0.1) is 0 Å². The summed E-state index contributed by atoms with van der Waals surface area (Å²) >= 11 is 0. The van der Waals surface area contributed by atoms with Crippen LogP contribution in [0.25, 0.3) is 0 Å². The van der Waals surface area contributed by atoms with Crippen molar-refractivity contribution in [1.29, 1.82) is 0 Å². The van der Waals surface area contributed by atoms with Crippen molar-refractivity contribution in [2.45, 2.75) is 45.1 Å². The van der Waals surface area contributed by atoms with Gasteiger partial charge in [-0.1, -0.05) is 26.0 Å².